The van der Waals surface area contributed by atoms with Crippen molar-refractivity contribution >= 4 is 40.1 Å². The minimum absolute atomic E-state index is 0.128. The van der Waals surface area contributed by atoms with Crippen molar-refractivity contribution < 1.29 is 18.7 Å². The molecule has 200 valence electrons. The minimum atomic E-state index is -0.340. The third kappa shape index (κ3) is 6.04. The molecule has 0 aliphatic heterocycles. The van der Waals surface area contributed by atoms with Crippen molar-refractivity contribution in [2.45, 2.75) is 59.5 Å². The third-order valence-electron chi connectivity index (χ3n) is 6.70. The van der Waals surface area contributed by atoms with Crippen LogP contribution >= 0.6 is 11.3 Å². The largest absolute Gasteiger partial charge is 0.459 e. The maximum absolute atomic E-state index is 13.4. The van der Waals surface area contributed by atoms with E-state index in [4.69, 9.17) is 14.1 Å². The molecule has 5 rings (SSSR count). The van der Waals surface area contributed by atoms with E-state index in [1.54, 1.807) is 23.6 Å². The zero-order valence-electron chi connectivity index (χ0n) is 22.7. The van der Waals surface area contributed by atoms with Gasteiger partial charge in [0.25, 0.3) is 5.91 Å². The lowest BCUT2D eigenvalue weighted by atomic mass is 9.95. The van der Waals surface area contributed by atoms with Gasteiger partial charge < -0.3 is 14.5 Å². The average Bonchev–Trinajstić information content (AvgIpc) is 3.53. The Morgan fingerprint density at radius 3 is 2.54 bits per heavy atom. The Hall–Kier alpha value is -3.97. The molecule has 2 heterocycles. The molecule has 1 N–H and O–H groups in total. The van der Waals surface area contributed by atoms with Crippen molar-refractivity contribution in [2.75, 3.05) is 5.32 Å². The van der Waals surface area contributed by atoms with Crippen LogP contribution in [0.4, 0.5) is 10.7 Å². The van der Waals surface area contributed by atoms with Gasteiger partial charge in [-0.15, -0.1) is 11.3 Å². The number of fused-ring (bicyclic) bond motifs is 1. The number of esters is 1. The second kappa shape index (κ2) is 11.4. The molecule has 7 heteroatoms. The highest BCUT2D eigenvalue weighted by Gasteiger charge is 2.25. The van der Waals surface area contributed by atoms with Crippen molar-refractivity contribution in [2.24, 2.45) is 4.99 Å². The van der Waals surface area contributed by atoms with E-state index in [0.29, 0.717) is 27.6 Å². The van der Waals surface area contributed by atoms with Gasteiger partial charge in [0.1, 0.15) is 16.5 Å². The van der Waals surface area contributed by atoms with Gasteiger partial charge in [-0.2, -0.15) is 0 Å². The van der Waals surface area contributed by atoms with Crippen LogP contribution in [0.15, 0.2) is 64.0 Å². The molecule has 2 aromatic carbocycles. The van der Waals surface area contributed by atoms with E-state index in [0.717, 1.165) is 53.6 Å². The topological polar surface area (TPSA) is 80.9 Å². The quantitative estimate of drug-likeness (QED) is 0.190. The van der Waals surface area contributed by atoms with Crippen molar-refractivity contribution in [1.82, 2.24) is 0 Å². The van der Waals surface area contributed by atoms with E-state index in [-0.39, 0.29) is 18.0 Å². The molecule has 4 aromatic rings. The van der Waals surface area contributed by atoms with Gasteiger partial charge >= 0.3 is 5.97 Å². The highest BCUT2D eigenvalue weighted by Crippen LogP contribution is 2.40. The Morgan fingerprint density at radius 1 is 1.03 bits per heavy atom. The van der Waals surface area contributed by atoms with Crippen LogP contribution in [0.25, 0.3) is 11.3 Å². The number of ether oxygens (including phenoxy) is 1. The van der Waals surface area contributed by atoms with Crippen molar-refractivity contribution in [3.05, 3.63) is 93.1 Å². The van der Waals surface area contributed by atoms with Gasteiger partial charge in [0, 0.05) is 16.1 Å². The summed E-state index contributed by atoms with van der Waals surface area (Å²) in [6.45, 7) is 7.62. The van der Waals surface area contributed by atoms with E-state index in [9.17, 15) is 9.59 Å². The van der Waals surface area contributed by atoms with Crippen LogP contribution < -0.4 is 5.32 Å². The predicted octanol–water partition coefficient (Wildman–Crippen LogP) is 8.07. The van der Waals surface area contributed by atoms with Crippen LogP contribution in [-0.2, 0) is 17.6 Å². The smallest absolute Gasteiger partial charge is 0.338 e. The normalized spacial score (nSPS) is 13.1. The lowest BCUT2D eigenvalue weighted by molar-refractivity contribution is 0.0377. The van der Waals surface area contributed by atoms with Crippen LogP contribution in [0.5, 0.6) is 0 Å². The molecule has 0 atom stereocenters. The highest BCUT2D eigenvalue weighted by molar-refractivity contribution is 7.16. The molecule has 0 fully saturated rings. The summed E-state index contributed by atoms with van der Waals surface area (Å²) in [7, 11) is 0. The molecule has 2 aromatic heterocycles. The molecule has 0 saturated heterocycles. The number of carbonyl (C=O) groups is 2. The van der Waals surface area contributed by atoms with Gasteiger partial charge in [-0.25, -0.2) is 9.79 Å². The summed E-state index contributed by atoms with van der Waals surface area (Å²) < 4.78 is 11.4. The Labute approximate surface area is 232 Å². The number of rotatable bonds is 7. The first-order valence-corrected chi connectivity index (χ1v) is 14.1. The first-order chi connectivity index (χ1) is 18.8. The lowest BCUT2D eigenvalue weighted by Crippen LogP contribution is -2.14. The molecule has 1 aliphatic carbocycles. The van der Waals surface area contributed by atoms with Crippen molar-refractivity contribution in [3.63, 3.8) is 0 Å². The Kier molecular flexibility index (Phi) is 7.79. The number of aliphatic imine (C=N–C) groups is 1. The summed E-state index contributed by atoms with van der Waals surface area (Å²) in [6, 6.07) is 17.0. The van der Waals surface area contributed by atoms with E-state index in [1.165, 1.54) is 4.88 Å². The zero-order chi connectivity index (χ0) is 27.5. The van der Waals surface area contributed by atoms with E-state index >= 15 is 0 Å². The summed E-state index contributed by atoms with van der Waals surface area (Å²) in [5, 5.41) is 3.75. The van der Waals surface area contributed by atoms with Gasteiger partial charge in [0.15, 0.2) is 0 Å². The fourth-order valence-corrected chi connectivity index (χ4v) is 5.98. The number of hydrogen-bond acceptors (Lipinski definition) is 6. The second-order valence-corrected chi connectivity index (χ2v) is 11.2. The van der Waals surface area contributed by atoms with E-state index in [2.05, 4.69) is 5.32 Å². The van der Waals surface area contributed by atoms with Gasteiger partial charge in [-0.1, -0.05) is 23.8 Å². The monoisotopic (exact) mass is 540 g/mol. The fourth-order valence-electron chi connectivity index (χ4n) is 4.75. The highest BCUT2D eigenvalue weighted by atomic mass is 32.1. The van der Waals surface area contributed by atoms with Gasteiger partial charge in [0.05, 0.1) is 23.4 Å². The molecule has 1 amide bonds. The summed E-state index contributed by atoms with van der Waals surface area (Å²) >= 11 is 1.59. The fraction of sp³-hybridized carbons (Fsp3) is 0.281. The van der Waals surface area contributed by atoms with Crippen molar-refractivity contribution in [3.8, 4) is 11.3 Å². The number of nitrogens with zero attached hydrogens (tertiary/aromatic N) is 1. The van der Waals surface area contributed by atoms with Crippen LogP contribution in [0, 0.1) is 13.8 Å². The van der Waals surface area contributed by atoms with E-state index < -0.39 is 0 Å². The summed E-state index contributed by atoms with van der Waals surface area (Å²) in [5.41, 5.74) is 6.01. The number of amides is 1. The van der Waals surface area contributed by atoms with Crippen molar-refractivity contribution in [1.29, 1.82) is 0 Å². The van der Waals surface area contributed by atoms with Crippen LogP contribution in [0.3, 0.4) is 0 Å². The number of aryl methyl sites for hydroxylation is 3. The number of hydrogen-bond donors (Lipinski definition) is 1. The minimum Gasteiger partial charge on any atom is -0.459 e. The second-order valence-electron chi connectivity index (χ2n) is 10.2. The molecule has 0 bridgehead atoms. The molecule has 0 saturated carbocycles. The maximum Gasteiger partial charge on any atom is 0.338 e. The summed E-state index contributed by atoms with van der Waals surface area (Å²) in [4.78, 5) is 31.6. The number of carbonyl (C=O) groups excluding carboxylic acids is 2. The number of benzene rings is 2. The summed E-state index contributed by atoms with van der Waals surface area (Å²) in [6.07, 6.45) is 5.57. The number of thiophene rings is 1. The third-order valence-corrected chi connectivity index (χ3v) is 7.90. The zero-order valence-corrected chi connectivity index (χ0v) is 23.5. The molecule has 0 radical (unpaired) electrons. The standard InChI is InChI=1S/C32H32N2O4S/c1-19(2)37-32(36)22-11-15-25(21(4)17-22)27-16-14-24(38-27)18-33-31-29(26-7-5-6-8-28(26)39-31)30(35)34-23-12-9-20(3)10-13-23/h9-19H,5-8H2,1-4H3,(H,34,35). The summed E-state index contributed by atoms with van der Waals surface area (Å²) in [5.74, 6) is 0.800. The number of nitrogens with one attached hydrogen (secondary N) is 1. The Morgan fingerprint density at radius 2 is 1.79 bits per heavy atom. The molecule has 1 aliphatic rings. The predicted molar refractivity (Wildman–Crippen MR) is 157 cm³/mol. The molecule has 6 nitrogen and oxygen atoms in total. The SMILES string of the molecule is Cc1ccc(NC(=O)c2c(N=Cc3ccc(-c4ccc(C(=O)OC(C)C)cc4C)o3)sc3c2CCCC3)cc1. The van der Waals surface area contributed by atoms with Crippen LogP contribution in [0.1, 0.15) is 74.7 Å². The Balaban J connectivity index is 1.38. The molecular formula is C32H32N2O4S. The molecular weight excluding hydrogens is 508 g/mol. The number of furan rings is 1. The molecule has 39 heavy (non-hydrogen) atoms. The average molecular weight is 541 g/mol. The van der Waals surface area contributed by atoms with Crippen LogP contribution in [-0.4, -0.2) is 24.2 Å². The molecule has 0 spiro atoms. The van der Waals surface area contributed by atoms with E-state index in [1.807, 2.05) is 76.2 Å². The van der Waals surface area contributed by atoms with Gasteiger partial charge in [-0.05, 0) is 101 Å². The van der Waals surface area contributed by atoms with Gasteiger partial charge in [-0.3, -0.25) is 4.79 Å². The first-order valence-electron chi connectivity index (χ1n) is 13.3. The lowest BCUT2D eigenvalue weighted by Gasteiger charge is -2.13. The molecule has 0 unspecified atom stereocenters. The van der Waals surface area contributed by atoms with Crippen LogP contribution in [0.2, 0.25) is 0 Å². The Bertz CT molecular complexity index is 1540. The van der Waals surface area contributed by atoms with Gasteiger partial charge in [0.2, 0.25) is 0 Å². The maximum atomic E-state index is 13.4. The number of anilines is 1. The first kappa shape index (κ1) is 26.6.